The van der Waals surface area contributed by atoms with Gasteiger partial charge in [-0.2, -0.15) is 0 Å². The first kappa shape index (κ1) is 18.8. The van der Waals surface area contributed by atoms with Gasteiger partial charge in [0, 0.05) is 17.0 Å². The van der Waals surface area contributed by atoms with Gasteiger partial charge in [-0.15, -0.1) is 0 Å². The van der Waals surface area contributed by atoms with E-state index in [2.05, 4.69) is 0 Å². The van der Waals surface area contributed by atoms with E-state index in [1.165, 1.54) is 0 Å². The second-order valence-electron chi connectivity index (χ2n) is 5.55. The molecule has 0 saturated carbocycles. The Balaban J connectivity index is 1.79. The average molecular weight is 362 g/mol. The highest BCUT2D eigenvalue weighted by Crippen LogP contribution is 2.21. The minimum Gasteiger partial charge on any atom is -0.494 e. The number of benzene rings is 2. The molecule has 0 saturated heterocycles. The van der Waals surface area contributed by atoms with E-state index in [9.17, 15) is 9.59 Å². The second-order valence-corrected chi connectivity index (χ2v) is 5.95. The van der Waals surface area contributed by atoms with E-state index in [4.69, 9.17) is 26.8 Å². The van der Waals surface area contributed by atoms with Gasteiger partial charge in [0.25, 0.3) is 5.91 Å². The van der Waals surface area contributed by atoms with E-state index < -0.39 is 18.0 Å². The summed E-state index contributed by atoms with van der Waals surface area (Å²) in [5, 5.41) is 0.675. The number of halogens is 1. The van der Waals surface area contributed by atoms with Crippen LogP contribution in [0.3, 0.4) is 0 Å². The van der Waals surface area contributed by atoms with Crippen LogP contribution in [-0.4, -0.2) is 18.5 Å². The molecule has 2 N–H and O–H groups in total. The predicted molar refractivity (Wildman–Crippen MR) is 95.4 cm³/mol. The molecule has 5 nitrogen and oxygen atoms in total. The van der Waals surface area contributed by atoms with Gasteiger partial charge in [0.2, 0.25) is 6.10 Å². The van der Waals surface area contributed by atoms with Crippen LogP contribution in [0.1, 0.15) is 30.1 Å². The standard InChI is InChI=1S/C19H20ClNO4/c1-13-12-15(9-10-16(13)20)24-11-5-8-17(22)25-18(19(21)23)14-6-3-2-4-7-14/h2-4,6-7,9-10,12,18H,5,8,11H2,1H3,(H2,21,23)/t18-/m1/s1. The van der Waals surface area contributed by atoms with Gasteiger partial charge in [0.1, 0.15) is 5.75 Å². The third-order valence-electron chi connectivity index (χ3n) is 3.53. The number of nitrogens with two attached hydrogens (primary N) is 1. The molecule has 2 aromatic carbocycles. The lowest BCUT2D eigenvalue weighted by atomic mass is 10.1. The van der Waals surface area contributed by atoms with Gasteiger partial charge in [0.05, 0.1) is 6.61 Å². The Kier molecular flexibility index (Phi) is 6.83. The van der Waals surface area contributed by atoms with Crippen molar-refractivity contribution in [1.82, 2.24) is 0 Å². The lowest BCUT2D eigenvalue weighted by Gasteiger charge is -2.15. The van der Waals surface area contributed by atoms with Crippen LogP contribution in [0.15, 0.2) is 48.5 Å². The van der Waals surface area contributed by atoms with E-state index in [-0.39, 0.29) is 6.42 Å². The molecular formula is C19H20ClNO4. The van der Waals surface area contributed by atoms with Gasteiger partial charge >= 0.3 is 5.97 Å². The molecule has 1 amide bonds. The smallest absolute Gasteiger partial charge is 0.307 e. The van der Waals surface area contributed by atoms with Crippen LogP contribution in [0.25, 0.3) is 0 Å². The molecule has 0 unspecified atom stereocenters. The second kappa shape index (κ2) is 9.08. The fourth-order valence-corrected chi connectivity index (χ4v) is 2.34. The number of hydrogen-bond acceptors (Lipinski definition) is 4. The van der Waals surface area contributed by atoms with E-state index in [0.29, 0.717) is 29.4 Å². The van der Waals surface area contributed by atoms with E-state index >= 15 is 0 Å². The molecule has 1 atom stereocenters. The number of primary amides is 1. The Morgan fingerprint density at radius 2 is 1.88 bits per heavy atom. The Bertz CT molecular complexity index is 733. The normalized spacial score (nSPS) is 11.6. The molecule has 0 aliphatic carbocycles. The Hall–Kier alpha value is -2.53. The lowest BCUT2D eigenvalue weighted by molar-refractivity contribution is -0.155. The van der Waals surface area contributed by atoms with Crippen LogP contribution in [0.2, 0.25) is 5.02 Å². The summed E-state index contributed by atoms with van der Waals surface area (Å²) in [4.78, 5) is 23.5. The molecule has 0 spiro atoms. The fourth-order valence-electron chi connectivity index (χ4n) is 2.22. The number of carbonyl (C=O) groups excluding carboxylic acids is 2. The van der Waals surface area contributed by atoms with Crippen molar-refractivity contribution in [1.29, 1.82) is 0 Å². The van der Waals surface area contributed by atoms with Gasteiger partial charge in [0.15, 0.2) is 0 Å². The van der Waals surface area contributed by atoms with Crippen molar-refractivity contribution in [3.05, 3.63) is 64.7 Å². The first-order valence-electron chi connectivity index (χ1n) is 7.90. The average Bonchev–Trinajstić information content (AvgIpc) is 2.60. The van der Waals surface area contributed by atoms with Crippen LogP contribution in [0, 0.1) is 6.92 Å². The Morgan fingerprint density at radius 3 is 2.52 bits per heavy atom. The lowest BCUT2D eigenvalue weighted by Crippen LogP contribution is -2.26. The zero-order valence-electron chi connectivity index (χ0n) is 13.9. The molecule has 0 aliphatic rings. The summed E-state index contributed by atoms with van der Waals surface area (Å²) in [5.41, 5.74) is 6.80. The number of esters is 1. The molecular weight excluding hydrogens is 342 g/mol. The monoisotopic (exact) mass is 361 g/mol. The summed E-state index contributed by atoms with van der Waals surface area (Å²) in [7, 11) is 0. The van der Waals surface area contributed by atoms with Crippen molar-refractivity contribution in [2.45, 2.75) is 25.9 Å². The highest BCUT2D eigenvalue weighted by molar-refractivity contribution is 6.31. The Labute approximate surface area is 151 Å². The number of ether oxygens (including phenoxy) is 2. The fraction of sp³-hybridized carbons (Fsp3) is 0.263. The maximum Gasteiger partial charge on any atom is 0.307 e. The highest BCUT2D eigenvalue weighted by Gasteiger charge is 2.22. The molecule has 0 heterocycles. The summed E-state index contributed by atoms with van der Waals surface area (Å²) in [6.45, 7) is 2.24. The number of amides is 1. The van der Waals surface area contributed by atoms with Crippen molar-refractivity contribution in [2.75, 3.05) is 6.61 Å². The molecule has 25 heavy (non-hydrogen) atoms. The third kappa shape index (κ3) is 5.80. The van der Waals surface area contributed by atoms with Gasteiger partial charge in [-0.1, -0.05) is 41.9 Å². The Morgan fingerprint density at radius 1 is 1.16 bits per heavy atom. The van der Waals surface area contributed by atoms with Crippen molar-refractivity contribution in [3.8, 4) is 5.75 Å². The first-order chi connectivity index (χ1) is 12.0. The van der Waals surface area contributed by atoms with E-state index in [0.717, 1.165) is 5.56 Å². The van der Waals surface area contributed by atoms with Gasteiger partial charge in [-0.25, -0.2) is 0 Å². The minimum absolute atomic E-state index is 0.128. The maximum atomic E-state index is 11.9. The molecule has 0 fully saturated rings. The van der Waals surface area contributed by atoms with Crippen molar-refractivity contribution in [3.63, 3.8) is 0 Å². The summed E-state index contributed by atoms with van der Waals surface area (Å²) >= 11 is 5.95. The topological polar surface area (TPSA) is 78.6 Å². The number of rotatable bonds is 8. The summed E-state index contributed by atoms with van der Waals surface area (Å²) in [6.07, 6.45) is -0.488. The van der Waals surface area contributed by atoms with Crippen LogP contribution in [0.5, 0.6) is 5.75 Å². The van der Waals surface area contributed by atoms with E-state index in [1.54, 1.807) is 42.5 Å². The first-order valence-corrected chi connectivity index (χ1v) is 8.28. The van der Waals surface area contributed by atoms with Gasteiger partial charge < -0.3 is 15.2 Å². The molecule has 0 radical (unpaired) electrons. The third-order valence-corrected chi connectivity index (χ3v) is 3.96. The summed E-state index contributed by atoms with van der Waals surface area (Å²) in [6, 6.07) is 14.0. The minimum atomic E-state index is -1.08. The van der Waals surface area contributed by atoms with Gasteiger partial charge in [-0.3, -0.25) is 9.59 Å². The zero-order valence-corrected chi connectivity index (χ0v) is 14.7. The van der Waals surface area contributed by atoms with Crippen LogP contribution in [-0.2, 0) is 14.3 Å². The molecule has 132 valence electrons. The SMILES string of the molecule is Cc1cc(OCCCC(=O)O[C@@H](C(N)=O)c2ccccc2)ccc1Cl. The molecule has 0 aliphatic heterocycles. The largest absolute Gasteiger partial charge is 0.494 e. The van der Waals surface area contributed by atoms with E-state index in [1.807, 2.05) is 13.0 Å². The molecule has 6 heteroatoms. The maximum absolute atomic E-state index is 11.9. The molecule has 0 aromatic heterocycles. The predicted octanol–water partition coefficient (Wildman–Crippen LogP) is 3.58. The van der Waals surface area contributed by atoms with Gasteiger partial charge in [-0.05, 0) is 37.1 Å². The van der Waals surface area contributed by atoms with Crippen LogP contribution < -0.4 is 10.5 Å². The molecule has 0 bridgehead atoms. The summed E-state index contributed by atoms with van der Waals surface area (Å²) < 4.78 is 10.8. The number of aryl methyl sites for hydroxylation is 1. The van der Waals surface area contributed by atoms with Crippen molar-refractivity contribution in [2.24, 2.45) is 5.73 Å². The highest BCUT2D eigenvalue weighted by atomic mass is 35.5. The molecule has 2 aromatic rings. The number of carbonyl (C=O) groups is 2. The van der Waals surface area contributed by atoms with Crippen molar-refractivity contribution >= 4 is 23.5 Å². The van der Waals surface area contributed by atoms with Crippen LogP contribution in [0.4, 0.5) is 0 Å². The van der Waals surface area contributed by atoms with Crippen molar-refractivity contribution < 1.29 is 19.1 Å². The zero-order chi connectivity index (χ0) is 18.2. The summed E-state index contributed by atoms with van der Waals surface area (Å²) in [5.74, 6) is -0.509. The van der Waals surface area contributed by atoms with Crippen LogP contribution >= 0.6 is 11.6 Å². The molecule has 2 rings (SSSR count). The quantitative estimate of drug-likeness (QED) is 0.575. The number of hydrogen-bond donors (Lipinski definition) is 1.